The molecule has 9 heteroatoms. The highest BCUT2D eigenvalue weighted by molar-refractivity contribution is 5.83. The molecule has 1 saturated carbocycles. The molecule has 198 valence electrons. The van der Waals surface area contributed by atoms with Crippen LogP contribution in [-0.2, 0) is 27.0 Å². The summed E-state index contributed by atoms with van der Waals surface area (Å²) < 4.78 is 51.0. The Morgan fingerprint density at radius 3 is 2.69 bits per heavy atom. The molecule has 0 bridgehead atoms. The smallest absolute Gasteiger partial charge is 0.388 e. The van der Waals surface area contributed by atoms with Gasteiger partial charge in [0.1, 0.15) is 0 Å². The van der Waals surface area contributed by atoms with Crippen molar-refractivity contribution in [2.75, 3.05) is 20.3 Å². The maximum atomic E-state index is 13.5. The molecule has 1 aromatic rings. The van der Waals surface area contributed by atoms with Crippen LogP contribution >= 0.6 is 0 Å². The fraction of sp³-hybridized carbons (Fsp3) is 0.731. The van der Waals surface area contributed by atoms with Gasteiger partial charge in [0, 0.05) is 32.3 Å². The molecule has 0 radical (unpaired) electrons. The molecule has 1 aromatic carbocycles. The van der Waals surface area contributed by atoms with Crippen molar-refractivity contribution in [3.63, 3.8) is 0 Å². The second-order valence-corrected chi connectivity index (χ2v) is 10.2. The minimum Gasteiger partial charge on any atom is -0.388 e. The third-order valence-electron chi connectivity index (χ3n) is 7.82. The van der Waals surface area contributed by atoms with Crippen LogP contribution in [0, 0.1) is 11.3 Å². The Labute approximate surface area is 205 Å². The number of amides is 1. The number of rotatable bonds is 9. The molecule has 0 spiro atoms. The molecule has 35 heavy (non-hydrogen) atoms. The van der Waals surface area contributed by atoms with E-state index in [0.717, 1.165) is 25.0 Å². The van der Waals surface area contributed by atoms with Crippen molar-refractivity contribution < 1.29 is 32.5 Å². The Balaban J connectivity index is 1.73. The maximum Gasteiger partial charge on any atom is 0.416 e. The van der Waals surface area contributed by atoms with Crippen molar-refractivity contribution >= 4 is 5.91 Å². The Kier molecular flexibility index (Phi) is 9.23. The van der Waals surface area contributed by atoms with Gasteiger partial charge in [-0.05, 0) is 61.3 Å². The number of halogens is 3. The number of methoxy groups -OCH3 is 1. The van der Waals surface area contributed by atoms with E-state index in [4.69, 9.17) is 9.47 Å². The summed E-state index contributed by atoms with van der Waals surface area (Å²) in [5, 5.41) is 16.9. The van der Waals surface area contributed by atoms with Gasteiger partial charge < -0.3 is 25.2 Å². The molecule has 2 aliphatic rings. The lowest BCUT2D eigenvalue weighted by Crippen LogP contribution is -2.51. The van der Waals surface area contributed by atoms with Gasteiger partial charge in [-0.1, -0.05) is 26.8 Å². The van der Waals surface area contributed by atoms with Gasteiger partial charge in [0.15, 0.2) is 0 Å². The monoisotopic (exact) mass is 500 g/mol. The summed E-state index contributed by atoms with van der Waals surface area (Å²) in [6.07, 6.45) is -2.03. The first-order valence-corrected chi connectivity index (χ1v) is 12.5. The molecule has 3 N–H and O–H groups in total. The number of ether oxygens (including phenoxy) is 2. The molecule has 1 heterocycles. The van der Waals surface area contributed by atoms with E-state index in [1.165, 1.54) is 6.07 Å². The van der Waals surface area contributed by atoms with E-state index in [9.17, 15) is 23.1 Å². The van der Waals surface area contributed by atoms with Crippen LogP contribution in [0.4, 0.5) is 13.2 Å². The molecule has 0 aromatic heterocycles. The first-order chi connectivity index (χ1) is 16.5. The van der Waals surface area contributed by atoms with Crippen LogP contribution in [0.25, 0.3) is 0 Å². The van der Waals surface area contributed by atoms with Gasteiger partial charge in [0.25, 0.3) is 0 Å². The van der Waals surface area contributed by atoms with Gasteiger partial charge in [-0.15, -0.1) is 0 Å². The molecule has 1 amide bonds. The quantitative estimate of drug-likeness (QED) is 0.470. The first kappa shape index (κ1) is 27.9. The van der Waals surface area contributed by atoms with Crippen LogP contribution in [0.2, 0.25) is 0 Å². The standard InChI is InChI=1S/C26H39F3N2O4/c1-5-22(32)20-7-6-18(26(27,28)29)12-17(20)14-30-24(33)25(16(2)3)10-8-19(13-25)31-21-9-11-35-15-23(21)34-4/h6-7,12,16,19,21-23,31-32H,5,8-11,13-15H2,1-4H3,(H,30,33)/t19-,21-,22-,23+,25+/m1/s1. The summed E-state index contributed by atoms with van der Waals surface area (Å²) in [6.45, 7) is 6.95. The first-order valence-electron chi connectivity index (χ1n) is 12.5. The van der Waals surface area contributed by atoms with E-state index in [2.05, 4.69) is 10.6 Å². The fourth-order valence-electron chi connectivity index (χ4n) is 5.48. The maximum absolute atomic E-state index is 13.5. The zero-order valence-corrected chi connectivity index (χ0v) is 21.1. The molecule has 0 unspecified atom stereocenters. The highest BCUT2D eigenvalue weighted by atomic mass is 19.4. The molecule has 1 saturated heterocycles. The number of alkyl halides is 3. The van der Waals surface area contributed by atoms with Gasteiger partial charge in [-0.3, -0.25) is 4.79 Å². The van der Waals surface area contributed by atoms with Gasteiger partial charge >= 0.3 is 6.18 Å². The summed E-state index contributed by atoms with van der Waals surface area (Å²) in [5.74, 6) is -0.0918. The number of benzene rings is 1. The fourth-order valence-corrected chi connectivity index (χ4v) is 5.48. The Morgan fingerprint density at radius 1 is 1.31 bits per heavy atom. The summed E-state index contributed by atoms with van der Waals surface area (Å²) in [5.41, 5.74) is -0.701. The normalized spacial score (nSPS) is 28.3. The lowest BCUT2D eigenvalue weighted by atomic mass is 9.74. The van der Waals surface area contributed by atoms with Crippen LogP contribution in [0.15, 0.2) is 18.2 Å². The number of aliphatic hydroxyl groups excluding tert-OH is 1. The number of hydrogen-bond donors (Lipinski definition) is 3. The minimum atomic E-state index is -4.50. The second-order valence-electron chi connectivity index (χ2n) is 10.2. The summed E-state index contributed by atoms with van der Waals surface area (Å²) in [7, 11) is 1.67. The molecular formula is C26H39F3N2O4. The number of carbonyl (C=O) groups is 1. The molecule has 3 rings (SSSR count). The van der Waals surface area contributed by atoms with Gasteiger partial charge in [0.2, 0.25) is 5.91 Å². The molecule has 1 aliphatic carbocycles. The highest BCUT2D eigenvalue weighted by Gasteiger charge is 2.48. The summed E-state index contributed by atoms with van der Waals surface area (Å²) in [4.78, 5) is 13.5. The lowest BCUT2D eigenvalue weighted by molar-refractivity contribution is -0.137. The van der Waals surface area contributed by atoms with Gasteiger partial charge in [-0.25, -0.2) is 0 Å². The van der Waals surface area contributed by atoms with Gasteiger partial charge in [-0.2, -0.15) is 13.2 Å². The van der Waals surface area contributed by atoms with Crippen molar-refractivity contribution in [3.8, 4) is 0 Å². The second kappa shape index (κ2) is 11.6. The average Bonchev–Trinajstić information content (AvgIpc) is 3.27. The van der Waals surface area contributed by atoms with E-state index in [1.807, 2.05) is 13.8 Å². The van der Waals surface area contributed by atoms with Crippen LogP contribution in [-0.4, -0.2) is 49.5 Å². The topological polar surface area (TPSA) is 79.8 Å². The molecule has 5 atom stereocenters. The average molecular weight is 501 g/mol. The number of hydrogen-bond acceptors (Lipinski definition) is 5. The van der Waals surface area contributed by atoms with E-state index in [0.29, 0.717) is 43.6 Å². The van der Waals surface area contributed by atoms with Crippen molar-refractivity contribution in [3.05, 3.63) is 34.9 Å². The molecule has 1 aliphatic heterocycles. The Morgan fingerprint density at radius 2 is 2.06 bits per heavy atom. The minimum absolute atomic E-state index is 0.0315. The van der Waals surface area contributed by atoms with Crippen molar-refractivity contribution in [2.24, 2.45) is 11.3 Å². The van der Waals surface area contributed by atoms with Crippen LogP contribution in [0.5, 0.6) is 0 Å². The van der Waals surface area contributed by atoms with Crippen LogP contribution < -0.4 is 10.6 Å². The highest BCUT2D eigenvalue weighted by Crippen LogP contribution is 2.45. The third kappa shape index (κ3) is 6.37. The van der Waals surface area contributed by atoms with Gasteiger partial charge in [0.05, 0.1) is 29.8 Å². The van der Waals surface area contributed by atoms with Crippen molar-refractivity contribution in [2.45, 2.75) is 89.9 Å². The molecule has 6 nitrogen and oxygen atoms in total. The zero-order chi connectivity index (χ0) is 25.8. The largest absolute Gasteiger partial charge is 0.416 e. The van der Waals surface area contributed by atoms with Crippen LogP contribution in [0.3, 0.4) is 0 Å². The van der Waals surface area contributed by atoms with Crippen molar-refractivity contribution in [1.29, 1.82) is 0 Å². The lowest BCUT2D eigenvalue weighted by Gasteiger charge is -2.35. The number of nitrogens with one attached hydrogen (secondary N) is 2. The summed E-state index contributed by atoms with van der Waals surface area (Å²) >= 11 is 0. The number of carbonyl (C=O) groups excluding carboxylic acids is 1. The zero-order valence-electron chi connectivity index (χ0n) is 21.1. The van der Waals surface area contributed by atoms with E-state index in [1.54, 1.807) is 14.0 Å². The Hall–Kier alpha value is -1.68. The number of aliphatic hydroxyl groups is 1. The SMILES string of the molecule is CC[C@@H](O)c1ccc(C(F)(F)F)cc1CNC(=O)[C@@]1(C(C)C)CC[C@@H](N[C@@H]2CCOC[C@@H]2OC)C1. The van der Waals surface area contributed by atoms with E-state index in [-0.39, 0.29) is 36.6 Å². The molecule has 2 fully saturated rings. The van der Waals surface area contributed by atoms with E-state index >= 15 is 0 Å². The van der Waals surface area contributed by atoms with Crippen LogP contribution in [0.1, 0.15) is 75.7 Å². The van der Waals surface area contributed by atoms with Crippen molar-refractivity contribution in [1.82, 2.24) is 10.6 Å². The Bertz CT molecular complexity index is 863. The predicted octanol–water partition coefficient (Wildman–Crippen LogP) is 4.35. The third-order valence-corrected chi connectivity index (χ3v) is 7.82. The summed E-state index contributed by atoms with van der Waals surface area (Å²) in [6, 6.07) is 3.63. The molecular weight excluding hydrogens is 461 g/mol. The van der Waals surface area contributed by atoms with E-state index < -0.39 is 23.3 Å². The predicted molar refractivity (Wildman–Crippen MR) is 127 cm³/mol.